The molecule has 1 aromatic carbocycles. The number of fused-ring (bicyclic) bond motifs is 1. The van der Waals surface area contributed by atoms with Crippen molar-refractivity contribution in [2.75, 3.05) is 5.75 Å². The third-order valence-corrected chi connectivity index (χ3v) is 4.61. The molecule has 1 N–H and O–H groups in total. The van der Waals surface area contributed by atoms with Gasteiger partial charge in [-0.1, -0.05) is 36.0 Å². The average Bonchev–Trinajstić information content (AvgIpc) is 2.88. The van der Waals surface area contributed by atoms with Gasteiger partial charge in [-0.05, 0) is 43.9 Å². The molecule has 5 heteroatoms. The van der Waals surface area contributed by atoms with Crippen LogP contribution in [0.25, 0.3) is 0 Å². The lowest BCUT2D eigenvalue weighted by atomic mass is 10.1. The summed E-state index contributed by atoms with van der Waals surface area (Å²) < 4.78 is 0. The van der Waals surface area contributed by atoms with Crippen LogP contribution in [0.15, 0.2) is 35.5 Å². The summed E-state index contributed by atoms with van der Waals surface area (Å²) in [6.07, 6.45) is 2.02. The number of carbonyl (C=O) groups is 1. The molecule has 3 rings (SSSR count). The monoisotopic (exact) mass is 313 g/mol. The Balaban J connectivity index is 1.57. The lowest BCUT2D eigenvalue weighted by Crippen LogP contribution is -2.28. The molecule has 0 saturated heterocycles. The van der Waals surface area contributed by atoms with Gasteiger partial charge in [0.2, 0.25) is 5.91 Å². The van der Waals surface area contributed by atoms with Crippen LogP contribution in [0.4, 0.5) is 0 Å². The van der Waals surface area contributed by atoms with E-state index in [-0.39, 0.29) is 11.9 Å². The van der Waals surface area contributed by atoms with Crippen LogP contribution in [0.3, 0.4) is 0 Å². The third kappa shape index (κ3) is 3.47. The normalized spacial score (nSPS) is 16.4. The second-order valence-corrected chi connectivity index (χ2v) is 6.52. The molecule has 1 unspecified atom stereocenters. The van der Waals surface area contributed by atoms with Crippen molar-refractivity contribution in [2.24, 2.45) is 0 Å². The molecule has 1 amide bonds. The van der Waals surface area contributed by atoms with Crippen molar-refractivity contribution in [1.82, 2.24) is 15.3 Å². The average molecular weight is 313 g/mol. The molecular formula is C17H19N3OS. The number of nitrogens with one attached hydrogen (secondary N) is 1. The molecule has 0 saturated carbocycles. The number of amides is 1. The summed E-state index contributed by atoms with van der Waals surface area (Å²) in [6.45, 7) is 3.88. The second kappa shape index (κ2) is 6.48. The third-order valence-electron chi connectivity index (χ3n) is 3.76. The van der Waals surface area contributed by atoms with Crippen LogP contribution >= 0.6 is 11.8 Å². The predicted molar refractivity (Wildman–Crippen MR) is 87.9 cm³/mol. The van der Waals surface area contributed by atoms with Crippen LogP contribution in [0, 0.1) is 13.8 Å². The number of benzene rings is 1. The number of carbonyl (C=O) groups excluding carboxylic acids is 1. The first-order valence-electron chi connectivity index (χ1n) is 7.44. The van der Waals surface area contributed by atoms with E-state index in [1.54, 1.807) is 0 Å². The van der Waals surface area contributed by atoms with Crippen LogP contribution < -0.4 is 5.32 Å². The number of hydrogen-bond donors (Lipinski definition) is 1. The molecule has 1 atom stereocenters. The van der Waals surface area contributed by atoms with Crippen molar-refractivity contribution >= 4 is 17.7 Å². The van der Waals surface area contributed by atoms with E-state index in [1.165, 1.54) is 22.9 Å². The fraction of sp³-hybridized carbons (Fsp3) is 0.353. The molecule has 2 aromatic rings. The van der Waals surface area contributed by atoms with Gasteiger partial charge in [-0.2, -0.15) is 0 Å². The summed E-state index contributed by atoms with van der Waals surface area (Å²) in [5.74, 6) is 0.385. The Kier molecular flexibility index (Phi) is 4.43. The molecule has 1 aliphatic carbocycles. The SMILES string of the molecule is Cc1cc(C)nc(SCC(=O)NC2CCc3ccccc32)n1. The molecule has 0 fully saturated rings. The summed E-state index contributed by atoms with van der Waals surface area (Å²) in [5, 5.41) is 3.79. The molecule has 0 spiro atoms. The number of rotatable bonds is 4. The van der Waals surface area contributed by atoms with Crippen LogP contribution in [-0.4, -0.2) is 21.6 Å². The van der Waals surface area contributed by atoms with E-state index < -0.39 is 0 Å². The molecule has 1 aromatic heterocycles. The first kappa shape index (κ1) is 15.0. The van der Waals surface area contributed by atoms with E-state index >= 15 is 0 Å². The molecule has 1 heterocycles. The van der Waals surface area contributed by atoms with Crippen LogP contribution in [-0.2, 0) is 11.2 Å². The van der Waals surface area contributed by atoms with Gasteiger partial charge >= 0.3 is 0 Å². The van der Waals surface area contributed by atoms with Crippen molar-refractivity contribution in [2.45, 2.75) is 37.9 Å². The Bertz CT molecular complexity index is 682. The predicted octanol–water partition coefficient (Wildman–Crippen LogP) is 2.99. The summed E-state index contributed by atoms with van der Waals surface area (Å²) in [6, 6.07) is 10.4. The lowest BCUT2D eigenvalue weighted by Gasteiger charge is -2.13. The second-order valence-electron chi connectivity index (χ2n) is 5.58. The highest BCUT2D eigenvalue weighted by Crippen LogP contribution is 2.30. The minimum Gasteiger partial charge on any atom is -0.349 e. The van der Waals surface area contributed by atoms with Gasteiger partial charge in [-0.3, -0.25) is 4.79 Å². The minimum absolute atomic E-state index is 0.0365. The van der Waals surface area contributed by atoms with Crippen molar-refractivity contribution in [3.05, 3.63) is 52.8 Å². The maximum absolute atomic E-state index is 12.2. The van der Waals surface area contributed by atoms with Crippen LogP contribution in [0.2, 0.25) is 0 Å². The highest BCUT2D eigenvalue weighted by Gasteiger charge is 2.23. The van der Waals surface area contributed by atoms with Crippen molar-refractivity contribution < 1.29 is 4.79 Å². The maximum atomic E-state index is 12.2. The van der Waals surface area contributed by atoms with Gasteiger partial charge in [0.05, 0.1) is 11.8 Å². The number of nitrogens with zero attached hydrogens (tertiary/aromatic N) is 2. The van der Waals surface area contributed by atoms with E-state index in [0.29, 0.717) is 10.9 Å². The Labute approximate surface area is 134 Å². The van der Waals surface area contributed by atoms with Gasteiger partial charge in [0.1, 0.15) is 0 Å². The number of thioether (sulfide) groups is 1. The van der Waals surface area contributed by atoms with E-state index in [1.807, 2.05) is 26.0 Å². The van der Waals surface area contributed by atoms with Gasteiger partial charge in [0, 0.05) is 11.4 Å². The molecular weight excluding hydrogens is 294 g/mol. The van der Waals surface area contributed by atoms with Gasteiger partial charge < -0.3 is 5.32 Å². The molecule has 4 nitrogen and oxygen atoms in total. The number of hydrogen-bond acceptors (Lipinski definition) is 4. The van der Waals surface area contributed by atoms with Gasteiger partial charge in [0.25, 0.3) is 0 Å². The van der Waals surface area contributed by atoms with E-state index in [0.717, 1.165) is 24.2 Å². The highest BCUT2D eigenvalue weighted by atomic mass is 32.2. The highest BCUT2D eigenvalue weighted by molar-refractivity contribution is 7.99. The molecule has 114 valence electrons. The summed E-state index contributed by atoms with van der Waals surface area (Å²) in [5.41, 5.74) is 4.46. The smallest absolute Gasteiger partial charge is 0.230 e. The molecule has 0 aliphatic heterocycles. The summed E-state index contributed by atoms with van der Waals surface area (Å²) in [7, 11) is 0. The zero-order valence-electron chi connectivity index (χ0n) is 12.8. The molecule has 1 aliphatic rings. The first-order valence-corrected chi connectivity index (χ1v) is 8.42. The van der Waals surface area contributed by atoms with Crippen LogP contribution in [0.1, 0.15) is 35.0 Å². The Morgan fingerprint density at radius 1 is 1.27 bits per heavy atom. The molecule has 0 bridgehead atoms. The Morgan fingerprint density at radius 3 is 2.77 bits per heavy atom. The summed E-state index contributed by atoms with van der Waals surface area (Å²) >= 11 is 1.39. The van der Waals surface area contributed by atoms with Crippen molar-refractivity contribution in [3.8, 4) is 0 Å². The largest absolute Gasteiger partial charge is 0.349 e. The standard InChI is InChI=1S/C17H19N3OS/c1-11-9-12(2)19-17(18-11)22-10-16(21)20-15-8-7-13-5-3-4-6-14(13)15/h3-6,9,15H,7-8,10H2,1-2H3,(H,20,21). The number of aryl methyl sites for hydroxylation is 3. The van der Waals surface area contributed by atoms with E-state index in [9.17, 15) is 4.79 Å². The topological polar surface area (TPSA) is 54.9 Å². The van der Waals surface area contributed by atoms with Gasteiger partial charge in [0.15, 0.2) is 5.16 Å². The summed E-state index contributed by atoms with van der Waals surface area (Å²) in [4.78, 5) is 20.9. The maximum Gasteiger partial charge on any atom is 0.230 e. The lowest BCUT2D eigenvalue weighted by molar-refractivity contribution is -0.119. The fourth-order valence-electron chi connectivity index (χ4n) is 2.83. The fourth-order valence-corrected chi connectivity index (χ4v) is 3.59. The van der Waals surface area contributed by atoms with Gasteiger partial charge in [-0.25, -0.2) is 9.97 Å². The van der Waals surface area contributed by atoms with Crippen molar-refractivity contribution in [3.63, 3.8) is 0 Å². The zero-order chi connectivity index (χ0) is 15.5. The zero-order valence-corrected chi connectivity index (χ0v) is 13.6. The minimum atomic E-state index is 0.0365. The Hall–Kier alpha value is -1.88. The number of aromatic nitrogens is 2. The van der Waals surface area contributed by atoms with E-state index in [2.05, 4.69) is 33.5 Å². The van der Waals surface area contributed by atoms with Gasteiger partial charge in [-0.15, -0.1) is 0 Å². The van der Waals surface area contributed by atoms with E-state index in [4.69, 9.17) is 0 Å². The molecule has 22 heavy (non-hydrogen) atoms. The first-order chi connectivity index (χ1) is 10.6. The quantitative estimate of drug-likeness (QED) is 0.696. The van der Waals surface area contributed by atoms with Crippen molar-refractivity contribution in [1.29, 1.82) is 0 Å². The van der Waals surface area contributed by atoms with Crippen LogP contribution in [0.5, 0.6) is 0 Å². The molecule has 0 radical (unpaired) electrons. The Morgan fingerprint density at radius 2 is 2.00 bits per heavy atom.